The molecule has 0 spiro atoms. The van der Waals surface area contributed by atoms with Gasteiger partial charge in [0.05, 0.1) is 11.7 Å². The van der Waals surface area contributed by atoms with E-state index >= 15 is 0 Å². The number of hydrogen-bond acceptors (Lipinski definition) is 3. The molecule has 0 aliphatic heterocycles. The van der Waals surface area contributed by atoms with E-state index in [1.807, 2.05) is 19.9 Å². The maximum atomic E-state index is 10.5. The topological polar surface area (TPSA) is 60.7 Å². The number of hydrogen-bond donors (Lipinski definition) is 3. The molecule has 3 rings (SSSR count). The summed E-state index contributed by atoms with van der Waals surface area (Å²) in [6.07, 6.45) is 20.9. The summed E-state index contributed by atoms with van der Waals surface area (Å²) >= 11 is 0. The highest BCUT2D eigenvalue weighted by Gasteiger charge is 2.48. The van der Waals surface area contributed by atoms with Crippen LogP contribution in [0, 0.1) is 17.3 Å². The molecule has 0 aromatic rings. The molecule has 0 saturated heterocycles. The van der Waals surface area contributed by atoms with Gasteiger partial charge in [0.25, 0.3) is 0 Å². The molecule has 3 nitrogen and oxygen atoms in total. The van der Waals surface area contributed by atoms with E-state index in [4.69, 9.17) is 5.11 Å². The predicted molar refractivity (Wildman–Crippen MR) is 129 cm³/mol. The Morgan fingerprint density at radius 1 is 1.06 bits per heavy atom. The molecule has 0 aromatic heterocycles. The summed E-state index contributed by atoms with van der Waals surface area (Å²) in [4.78, 5) is 0. The number of allylic oxidation sites excluding steroid dienone is 3. The summed E-state index contributed by atoms with van der Waals surface area (Å²) < 4.78 is 0. The first-order valence-electron chi connectivity index (χ1n) is 12.8. The number of rotatable bonds is 8. The van der Waals surface area contributed by atoms with Crippen LogP contribution >= 0.6 is 0 Å². The minimum Gasteiger partial charge on any atom is -0.396 e. The zero-order chi connectivity index (χ0) is 22.5. The van der Waals surface area contributed by atoms with E-state index in [1.54, 1.807) is 5.57 Å². The Labute approximate surface area is 190 Å². The van der Waals surface area contributed by atoms with Gasteiger partial charge < -0.3 is 15.3 Å². The smallest absolute Gasteiger partial charge is 0.0787 e. The molecule has 3 saturated carbocycles. The summed E-state index contributed by atoms with van der Waals surface area (Å²) in [7, 11) is 0. The second-order valence-electron chi connectivity index (χ2n) is 11.3. The first kappa shape index (κ1) is 24.7. The van der Waals surface area contributed by atoms with Gasteiger partial charge in [-0.2, -0.15) is 0 Å². The third-order valence-corrected chi connectivity index (χ3v) is 8.44. The van der Waals surface area contributed by atoms with Crippen molar-refractivity contribution in [1.82, 2.24) is 0 Å². The Balaban J connectivity index is 1.59. The van der Waals surface area contributed by atoms with Gasteiger partial charge in [0.15, 0.2) is 0 Å². The molecule has 3 fully saturated rings. The quantitative estimate of drug-likeness (QED) is 0.315. The van der Waals surface area contributed by atoms with Crippen molar-refractivity contribution in [2.45, 2.75) is 116 Å². The van der Waals surface area contributed by atoms with Gasteiger partial charge in [-0.25, -0.2) is 0 Å². The third kappa shape index (κ3) is 6.55. The molecule has 4 atom stereocenters. The molecule has 3 aliphatic carbocycles. The van der Waals surface area contributed by atoms with E-state index in [-0.39, 0.29) is 12.7 Å². The molecule has 176 valence electrons. The molecule has 3 N–H and O–H groups in total. The highest BCUT2D eigenvalue weighted by molar-refractivity contribution is 5.28. The highest BCUT2D eigenvalue weighted by atomic mass is 16.3. The van der Waals surface area contributed by atoms with Crippen molar-refractivity contribution in [1.29, 1.82) is 0 Å². The minimum absolute atomic E-state index is 0.158. The SMILES string of the molecule is CC(C)(O)CCCCC1CCC2/C(=C/C=C3/CC/C(=C/CCO)C(O)C3)CCCC12C. The molecule has 3 heteroatoms. The molecule has 31 heavy (non-hydrogen) atoms. The number of fused-ring (bicyclic) bond motifs is 1. The lowest BCUT2D eigenvalue weighted by molar-refractivity contribution is 0.0659. The Hall–Kier alpha value is -0.900. The fourth-order valence-corrected chi connectivity index (χ4v) is 6.59. The summed E-state index contributed by atoms with van der Waals surface area (Å²) in [6.45, 7) is 6.55. The summed E-state index contributed by atoms with van der Waals surface area (Å²) in [5.41, 5.74) is 4.04. The minimum atomic E-state index is -0.529. The van der Waals surface area contributed by atoms with Crippen LogP contribution in [0.4, 0.5) is 0 Å². The van der Waals surface area contributed by atoms with Crippen molar-refractivity contribution in [2.24, 2.45) is 17.3 Å². The van der Waals surface area contributed by atoms with E-state index in [9.17, 15) is 10.2 Å². The molecule has 0 aromatic carbocycles. The van der Waals surface area contributed by atoms with Crippen LogP contribution in [0.5, 0.6) is 0 Å². The van der Waals surface area contributed by atoms with Gasteiger partial charge in [-0.1, -0.05) is 49.1 Å². The molecular weight excluding hydrogens is 384 g/mol. The Kier molecular flexibility index (Phi) is 8.63. The first-order chi connectivity index (χ1) is 14.7. The van der Waals surface area contributed by atoms with Crippen LogP contribution in [0.15, 0.2) is 34.9 Å². The number of aliphatic hydroxyl groups is 3. The van der Waals surface area contributed by atoms with Crippen LogP contribution in [-0.4, -0.2) is 33.6 Å². The van der Waals surface area contributed by atoms with Gasteiger partial charge in [-0.15, -0.1) is 0 Å². The summed E-state index contributed by atoms with van der Waals surface area (Å²) in [5, 5.41) is 29.4. The highest BCUT2D eigenvalue weighted by Crippen LogP contribution is 2.58. The second-order valence-corrected chi connectivity index (χ2v) is 11.3. The molecule has 0 radical (unpaired) electrons. The number of aliphatic hydroxyl groups excluding tert-OH is 2. The van der Waals surface area contributed by atoms with Crippen molar-refractivity contribution in [3.8, 4) is 0 Å². The molecule has 0 amide bonds. The average molecular weight is 431 g/mol. The second kappa shape index (κ2) is 10.8. The van der Waals surface area contributed by atoms with Crippen molar-refractivity contribution < 1.29 is 15.3 Å². The standard InChI is InChI=1S/C28H46O3/c1-27(2,31)17-5-4-10-24-15-16-25-22(8-6-18-28(24,25)3)13-11-21-12-14-23(9-7-19-29)26(30)20-21/h9,11,13,24-26,29-31H,4-8,10,12,14-20H2,1-3H3/b21-11-,22-13+,23-9-. The van der Waals surface area contributed by atoms with Crippen molar-refractivity contribution in [3.05, 3.63) is 34.9 Å². The van der Waals surface area contributed by atoms with Crippen molar-refractivity contribution in [2.75, 3.05) is 6.61 Å². The normalized spacial score (nSPS) is 35.8. The van der Waals surface area contributed by atoms with Crippen LogP contribution in [0.1, 0.15) is 104 Å². The van der Waals surface area contributed by atoms with Crippen LogP contribution < -0.4 is 0 Å². The van der Waals surface area contributed by atoms with E-state index in [0.717, 1.165) is 49.5 Å². The van der Waals surface area contributed by atoms with Crippen LogP contribution in [-0.2, 0) is 0 Å². The zero-order valence-electron chi connectivity index (χ0n) is 20.2. The van der Waals surface area contributed by atoms with Crippen molar-refractivity contribution in [3.63, 3.8) is 0 Å². The zero-order valence-corrected chi connectivity index (χ0v) is 20.2. The van der Waals surface area contributed by atoms with Crippen LogP contribution in [0.3, 0.4) is 0 Å². The maximum Gasteiger partial charge on any atom is 0.0787 e. The number of unbranched alkanes of at least 4 members (excludes halogenated alkanes) is 1. The largest absolute Gasteiger partial charge is 0.396 e. The Bertz CT molecular complexity index is 681. The van der Waals surface area contributed by atoms with E-state index in [0.29, 0.717) is 11.8 Å². The first-order valence-corrected chi connectivity index (χ1v) is 12.8. The third-order valence-electron chi connectivity index (χ3n) is 8.44. The van der Waals surface area contributed by atoms with Gasteiger partial charge >= 0.3 is 0 Å². The average Bonchev–Trinajstić information content (AvgIpc) is 3.05. The van der Waals surface area contributed by atoms with Gasteiger partial charge in [0.2, 0.25) is 0 Å². The van der Waals surface area contributed by atoms with E-state index in [2.05, 4.69) is 19.1 Å². The Morgan fingerprint density at radius 3 is 2.58 bits per heavy atom. The van der Waals surface area contributed by atoms with Gasteiger partial charge in [-0.3, -0.25) is 0 Å². The monoisotopic (exact) mass is 430 g/mol. The molecule has 3 aliphatic rings. The lowest BCUT2D eigenvalue weighted by atomic mass is 9.62. The fourth-order valence-electron chi connectivity index (χ4n) is 6.59. The Morgan fingerprint density at radius 2 is 1.87 bits per heavy atom. The van der Waals surface area contributed by atoms with Crippen LogP contribution in [0.2, 0.25) is 0 Å². The van der Waals surface area contributed by atoms with Gasteiger partial charge in [0, 0.05) is 6.61 Å². The molecular formula is C28H46O3. The maximum absolute atomic E-state index is 10.5. The van der Waals surface area contributed by atoms with Crippen LogP contribution in [0.25, 0.3) is 0 Å². The summed E-state index contributed by atoms with van der Waals surface area (Å²) in [6, 6.07) is 0. The molecule has 4 unspecified atom stereocenters. The molecule has 0 bridgehead atoms. The lowest BCUT2D eigenvalue weighted by Gasteiger charge is -2.42. The lowest BCUT2D eigenvalue weighted by Crippen LogP contribution is -2.33. The summed E-state index contributed by atoms with van der Waals surface area (Å²) in [5.74, 6) is 1.55. The van der Waals surface area contributed by atoms with E-state index in [1.165, 1.54) is 50.5 Å². The van der Waals surface area contributed by atoms with E-state index < -0.39 is 5.60 Å². The fraction of sp³-hybridized carbons (Fsp3) is 0.786. The van der Waals surface area contributed by atoms with Crippen molar-refractivity contribution >= 4 is 0 Å². The predicted octanol–water partition coefficient (Wildman–Crippen LogP) is 6.24. The van der Waals surface area contributed by atoms with Gasteiger partial charge in [-0.05, 0) is 107 Å². The van der Waals surface area contributed by atoms with Gasteiger partial charge in [0.1, 0.15) is 0 Å². The molecule has 0 heterocycles.